The predicted molar refractivity (Wildman–Crippen MR) is 82.9 cm³/mol. The minimum atomic E-state index is 0.438. The van der Waals surface area contributed by atoms with Crippen molar-refractivity contribution in [2.75, 3.05) is 19.6 Å². The van der Waals surface area contributed by atoms with Crippen LogP contribution in [0, 0.1) is 5.41 Å². The molecule has 2 atom stereocenters. The van der Waals surface area contributed by atoms with E-state index in [-0.39, 0.29) is 0 Å². The predicted octanol–water partition coefficient (Wildman–Crippen LogP) is 3.51. The van der Waals surface area contributed by atoms with Crippen molar-refractivity contribution in [3.05, 3.63) is 35.9 Å². The van der Waals surface area contributed by atoms with Gasteiger partial charge in [-0.15, -0.1) is 0 Å². The van der Waals surface area contributed by atoms with Crippen molar-refractivity contribution in [2.45, 2.75) is 51.7 Å². The Morgan fingerprint density at radius 3 is 2.55 bits per heavy atom. The molecule has 0 amide bonds. The first-order valence-electron chi connectivity index (χ1n) is 8.07. The van der Waals surface area contributed by atoms with Gasteiger partial charge >= 0.3 is 0 Å². The Hall–Kier alpha value is -0.860. The maximum Gasteiger partial charge on any atom is 0.0556 e. The summed E-state index contributed by atoms with van der Waals surface area (Å²) in [6.07, 6.45) is 5.91. The van der Waals surface area contributed by atoms with Crippen LogP contribution in [0.4, 0.5) is 0 Å². The summed E-state index contributed by atoms with van der Waals surface area (Å²) in [5.41, 5.74) is 2.00. The number of ether oxygens (including phenoxy) is 1. The number of likely N-dealkylation sites (tertiary alicyclic amines) is 1. The van der Waals surface area contributed by atoms with E-state index in [1.165, 1.54) is 50.9 Å². The molecule has 2 fully saturated rings. The molecule has 2 aliphatic rings. The summed E-state index contributed by atoms with van der Waals surface area (Å²) in [6.45, 7) is 8.23. The number of nitrogens with zero attached hydrogens (tertiary/aromatic N) is 1. The molecule has 0 bridgehead atoms. The molecule has 1 spiro atoms. The molecule has 0 aromatic heterocycles. The minimum Gasteiger partial charge on any atom is -0.376 e. The zero-order valence-electron chi connectivity index (χ0n) is 12.8. The highest BCUT2D eigenvalue weighted by molar-refractivity contribution is 5.15. The summed E-state index contributed by atoms with van der Waals surface area (Å²) in [5.74, 6) is 0. The van der Waals surface area contributed by atoms with E-state index in [9.17, 15) is 0 Å². The smallest absolute Gasteiger partial charge is 0.0556 e. The van der Waals surface area contributed by atoms with Gasteiger partial charge in [0.05, 0.1) is 12.2 Å². The lowest BCUT2D eigenvalue weighted by Crippen LogP contribution is -2.40. The summed E-state index contributed by atoms with van der Waals surface area (Å²) >= 11 is 0. The molecule has 2 heterocycles. The van der Waals surface area contributed by atoms with Crippen molar-refractivity contribution in [3.63, 3.8) is 0 Å². The van der Waals surface area contributed by atoms with Crippen molar-refractivity contribution in [1.82, 2.24) is 4.90 Å². The number of benzene rings is 1. The molecule has 0 saturated carbocycles. The second-order valence-corrected chi connectivity index (χ2v) is 6.93. The SMILES string of the molecule is C[C@H]1CC2(CCN(CCc3ccccc3)C2)C[C@H](C)O1. The second-order valence-electron chi connectivity index (χ2n) is 6.93. The molecule has 2 nitrogen and oxygen atoms in total. The number of rotatable bonds is 3. The van der Waals surface area contributed by atoms with Crippen LogP contribution in [0.25, 0.3) is 0 Å². The quantitative estimate of drug-likeness (QED) is 0.835. The summed E-state index contributed by atoms with van der Waals surface area (Å²) in [5, 5.41) is 0. The van der Waals surface area contributed by atoms with Crippen LogP contribution in [0.3, 0.4) is 0 Å². The summed E-state index contributed by atoms with van der Waals surface area (Å²) < 4.78 is 5.92. The lowest BCUT2D eigenvalue weighted by molar-refractivity contribution is -0.0836. The molecular weight excluding hydrogens is 246 g/mol. The molecule has 0 unspecified atom stereocenters. The van der Waals surface area contributed by atoms with Gasteiger partial charge in [0.15, 0.2) is 0 Å². The van der Waals surface area contributed by atoms with Crippen LogP contribution < -0.4 is 0 Å². The normalized spacial score (nSPS) is 34.7. The first-order chi connectivity index (χ1) is 9.65. The lowest BCUT2D eigenvalue weighted by atomic mass is 9.75. The fourth-order valence-corrected chi connectivity index (χ4v) is 4.28. The monoisotopic (exact) mass is 273 g/mol. The average molecular weight is 273 g/mol. The van der Waals surface area contributed by atoms with Gasteiger partial charge in [0.25, 0.3) is 0 Å². The zero-order valence-corrected chi connectivity index (χ0v) is 12.8. The van der Waals surface area contributed by atoms with Crippen molar-refractivity contribution in [2.24, 2.45) is 5.41 Å². The largest absolute Gasteiger partial charge is 0.376 e. The Morgan fingerprint density at radius 2 is 1.85 bits per heavy atom. The van der Waals surface area contributed by atoms with Gasteiger partial charge in [0.1, 0.15) is 0 Å². The Balaban J connectivity index is 1.54. The maximum atomic E-state index is 5.92. The minimum absolute atomic E-state index is 0.438. The van der Waals surface area contributed by atoms with Gasteiger partial charge in [0.2, 0.25) is 0 Å². The van der Waals surface area contributed by atoms with Gasteiger partial charge < -0.3 is 9.64 Å². The summed E-state index contributed by atoms with van der Waals surface area (Å²) in [7, 11) is 0. The standard InChI is InChI=1S/C18H27NO/c1-15-12-18(13-16(2)20-15)9-11-19(14-18)10-8-17-6-4-3-5-7-17/h3-7,15-16H,8-14H2,1-2H3/t15-,16-/m0/s1. The second kappa shape index (κ2) is 5.87. The van der Waals surface area contributed by atoms with Crippen LogP contribution in [-0.4, -0.2) is 36.7 Å². The van der Waals surface area contributed by atoms with E-state index < -0.39 is 0 Å². The van der Waals surface area contributed by atoms with Gasteiger partial charge in [0, 0.05) is 13.1 Å². The van der Waals surface area contributed by atoms with E-state index in [1.807, 2.05) is 0 Å². The average Bonchev–Trinajstić information content (AvgIpc) is 2.79. The number of hydrogen-bond acceptors (Lipinski definition) is 2. The third kappa shape index (κ3) is 3.24. The fraction of sp³-hybridized carbons (Fsp3) is 0.667. The Labute approximate surface area is 123 Å². The van der Waals surface area contributed by atoms with Crippen LogP contribution in [0.15, 0.2) is 30.3 Å². The van der Waals surface area contributed by atoms with Crippen molar-refractivity contribution in [1.29, 1.82) is 0 Å². The Morgan fingerprint density at radius 1 is 1.15 bits per heavy atom. The molecule has 0 N–H and O–H groups in total. The van der Waals surface area contributed by atoms with E-state index in [0.717, 1.165) is 0 Å². The lowest BCUT2D eigenvalue weighted by Gasteiger charge is -2.40. The van der Waals surface area contributed by atoms with Crippen LogP contribution in [0.5, 0.6) is 0 Å². The first kappa shape index (κ1) is 14.1. The fourth-order valence-electron chi connectivity index (χ4n) is 4.28. The van der Waals surface area contributed by atoms with E-state index in [0.29, 0.717) is 17.6 Å². The zero-order chi connectivity index (χ0) is 14.0. The molecule has 110 valence electrons. The third-order valence-electron chi connectivity index (χ3n) is 4.98. The molecule has 0 aliphatic carbocycles. The van der Waals surface area contributed by atoms with Crippen LogP contribution in [0.1, 0.15) is 38.7 Å². The topological polar surface area (TPSA) is 12.5 Å². The highest BCUT2D eigenvalue weighted by Gasteiger charge is 2.43. The van der Waals surface area contributed by atoms with Gasteiger partial charge in [-0.25, -0.2) is 0 Å². The van der Waals surface area contributed by atoms with E-state index in [1.54, 1.807) is 0 Å². The molecular formula is C18H27NO. The van der Waals surface area contributed by atoms with Crippen molar-refractivity contribution >= 4 is 0 Å². The molecule has 2 aliphatic heterocycles. The molecule has 1 aromatic rings. The van der Waals surface area contributed by atoms with Gasteiger partial charge in [-0.1, -0.05) is 30.3 Å². The van der Waals surface area contributed by atoms with Crippen LogP contribution >= 0.6 is 0 Å². The first-order valence-corrected chi connectivity index (χ1v) is 8.07. The molecule has 2 saturated heterocycles. The molecule has 0 radical (unpaired) electrons. The van der Waals surface area contributed by atoms with Gasteiger partial charge in [-0.3, -0.25) is 0 Å². The summed E-state index contributed by atoms with van der Waals surface area (Å²) in [4.78, 5) is 2.66. The van der Waals surface area contributed by atoms with Gasteiger partial charge in [-0.05, 0) is 57.1 Å². The summed E-state index contributed by atoms with van der Waals surface area (Å²) in [6, 6.07) is 10.9. The van der Waals surface area contributed by atoms with E-state index in [4.69, 9.17) is 4.74 Å². The molecule has 3 rings (SSSR count). The van der Waals surface area contributed by atoms with Gasteiger partial charge in [-0.2, -0.15) is 0 Å². The van der Waals surface area contributed by atoms with Crippen molar-refractivity contribution in [3.8, 4) is 0 Å². The van der Waals surface area contributed by atoms with Crippen LogP contribution in [-0.2, 0) is 11.2 Å². The molecule has 2 heteroatoms. The maximum absolute atomic E-state index is 5.92. The molecule has 1 aromatic carbocycles. The Kier molecular flexibility index (Phi) is 4.13. The highest BCUT2D eigenvalue weighted by atomic mass is 16.5. The van der Waals surface area contributed by atoms with Crippen molar-refractivity contribution < 1.29 is 4.74 Å². The van der Waals surface area contributed by atoms with Crippen LogP contribution in [0.2, 0.25) is 0 Å². The van der Waals surface area contributed by atoms with E-state index >= 15 is 0 Å². The highest BCUT2D eigenvalue weighted by Crippen LogP contribution is 2.43. The molecule has 20 heavy (non-hydrogen) atoms. The third-order valence-corrected chi connectivity index (χ3v) is 4.98. The van der Waals surface area contributed by atoms with E-state index in [2.05, 4.69) is 49.1 Å². The number of hydrogen-bond donors (Lipinski definition) is 0. The Bertz CT molecular complexity index is 420.